The predicted molar refractivity (Wildman–Crippen MR) is 54.2 cm³/mol. The predicted octanol–water partition coefficient (Wildman–Crippen LogP) is 0.551. The van der Waals surface area contributed by atoms with E-state index in [1.165, 1.54) is 6.33 Å². The van der Waals surface area contributed by atoms with E-state index in [-0.39, 0.29) is 0 Å². The highest BCUT2D eigenvalue weighted by molar-refractivity contribution is 5.55. The summed E-state index contributed by atoms with van der Waals surface area (Å²) in [5.41, 5.74) is 0.903. The standard InChI is InChI=1S/C9H10N6/c1-2-12-9-14-13-8(15(9)3-1)7-4-10-6-11-5-7/h4-6H,1-3H2,(H,12,14). The van der Waals surface area contributed by atoms with Crippen LogP contribution in [0, 0.1) is 0 Å². The van der Waals surface area contributed by atoms with Crippen molar-refractivity contribution < 1.29 is 0 Å². The van der Waals surface area contributed by atoms with Crippen LogP contribution in [0.2, 0.25) is 0 Å². The summed E-state index contributed by atoms with van der Waals surface area (Å²) in [6.45, 7) is 1.91. The maximum Gasteiger partial charge on any atom is 0.224 e. The molecule has 15 heavy (non-hydrogen) atoms. The Hall–Kier alpha value is -1.98. The Morgan fingerprint density at radius 1 is 1.20 bits per heavy atom. The van der Waals surface area contributed by atoms with Crippen LogP contribution in [0.5, 0.6) is 0 Å². The van der Waals surface area contributed by atoms with E-state index in [0.717, 1.165) is 36.8 Å². The molecule has 0 radical (unpaired) electrons. The molecule has 1 N–H and O–H groups in total. The summed E-state index contributed by atoms with van der Waals surface area (Å²) in [6, 6.07) is 0. The van der Waals surface area contributed by atoms with E-state index in [1.807, 2.05) is 0 Å². The molecule has 0 spiro atoms. The Bertz CT molecular complexity index is 463. The zero-order valence-corrected chi connectivity index (χ0v) is 8.09. The van der Waals surface area contributed by atoms with Crippen molar-refractivity contribution in [2.45, 2.75) is 13.0 Å². The molecule has 6 nitrogen and oxygen atoms in total. The van der Waals surface area contributed by atoms with Crippen molar-refractivity contribution >= 4 is 5.95 Å². The monoisotopic (exact) mass is 202 g/mol. The Labute approximate surface area is 86.4 Å². The van der Waals surface area contributed by atoms with Crippen LogP contribution >= 0.6 is 0 Å². The minimum Gasteiger partial charge on any atom is -0.354 e. The van der Waals surface area contributed by atoms with Gasteiger partial charge in [-0.05, 0) is 6.42 Å². The molecular weight excluding hydrogens is 192 g/mol. The number of nitrogens with zero attached hydrogens (tertiary/aromatic N) is 5. The van der Waals surface area contributed by atoms with Crippen LogP contribution in [-0.2, 0) is 6.54 Å². The molecule has 0 unspecified atom stereocenters. The lowest BCUT2D eigenvalue weighted by Crippen LogP contribution is -2.17. The minimum atomic E-state index is 0.831. The molecule has 0 saturated heterocycles. The Morgan fingerprint density at radius 3 is 2.93 bits per heavy atom. The van der Waals surface area contributed by atoms with Crippen molar-refractivity contribution in [1.82, 2.24) is 24.7 Å². The second kappa shape index (κ2) is 3.30. The molecule has 0 bridgehead atoms. The first-order valence-corrected chi connectivity index (χ1v) is 4.87. The van der Waals surface area contributed by atoms with Gasteiger partial charge in [-0.25, -0.2) is 9.97 Å². The van der Waals surface area contributed by atoms with Crippen LogP contribution in [0.3, 0.4) is 0 Å². The first-order valence-electron chi connectivity index (χ1n) is 4.87. The fourth-order valence-electron chi connectivity index (χ4n) is 1.71. The van der Waals surface area contributed by atoms with Gasteiger partial charge in [0.25, 0.3) is 0 Å². The van der Waals surface area contributed by atoms with Gasteiger partial charge in [0.15, 0.2) is 5.82 Å². The lowest BCUT2D eigenvalue weighted by atomic mass is 10.3. The van der Waals surface area contributed by atoms with E-state index in [4.69, 9.17) is 0 Å². The summed E-state index contributed by atoms with van der Waals surface area (Å²) in [6.07, 6.45) is 6.10. The van der Waals surface area contributed by atoms with E-state index >= 15 is 0 Å². The average Bonchev–Trinajstić information content (AvgIpc) is 2.74. The normalized spacial score (nSPS) is 14.4. The van der Waals surface area contributed by atoms with Crippen LogP contribution in [0.15, 0.2) is 18.7 Å². The molecule has 0 aliphatic carbocycles. The number of anilines is 1. The fourth-order valence-corrected chi connectivity index (χ4v) is 1.71. The molecule has 0 aromatic carbocycles. The van der Waals surface area contributed by atoms with Crippen LogP contribution < -0.4 is 5.32 Å². The number of nitrogens with one attached hydrogen (secondary N) is 1. The van der Waals surface area contributed by atoms with E-state index in [9.17, 15) is 0 Å². The summed E-state index contributed by atoms with van der Waals surface area (Å²) in [5.74, 6) is 1.66. The molecule has 0 atom stereocenters. The Morgan fingerprint density at radius 2 is 2.07 bits per heavy atom. The van der Waals surface area contributed by atoms with E-state index in [1.54, 1.807) is 12.4 Å². The zero-order valence-electron chi connectivity index (χ0n) is 8.09. The minimum absolute atomic E-state index is 0.831. The van der Waals surface area contributed by atoms with Gasteiger partial charge in [-0.2, -0.15) is 0 Å². The molecule has 0 fully saturated rings. The van der Waals surface area contributed by atoms with Crippen molar-refractivity contribution in [3.63, 3.8) is 0 Å². The molecule has 2 aromatic heterocycles. The quantitative estimate of drug-likeness (QED) is 0.731. The topological polar surface area (TPSA) is 68.5 Å². The number of fused-ring (bicyclic) bond motifs is 1. The van der Waals surface area contributed by atoms with E-state index < -0.39 is 0 Å². The van der Waals surface area contributed by atoms with Gasteiger partial charge in [-0.3, -0.25) is 4.57 Å². The Kier molecular flexibility index (Phi) is 1.84. The lowest BCUT2D eigenvalue weighted by molar-refractivity contribution is 0.631. The third-order valence-corrected chi connectivity index (χ3v) is 2.41. The summed E-state index contributed by atoms with van der Waals surface area (Å²) in [5, 5.41) is 11.4. The molecule has 3 rings (SSSR count). The smallest absolute Gasteiger partial charge is 0.224 e. The van der Waals surface area contributed by atoms with Crippen LogP contribution in [-0.4, -0.2) is 31.3 Å². The SMILES string of the molecule is c1ncc(-c2nnc3n2CCCN3)cn1. The van der Waals surface area contributed by atoms with Crippen molar-refractivity contribution in [1.29, 1.82) is 0 Å². The zero-order chi connectivity index (χ0) is 10.1. The van der Waals surface area contributed by atoms with Crippen LogP contribution in [0.4, 0.5) is 5.95 Å². The molecule has 6 heteroatoms. The van der Waals surface area contributed by atoms with Gasteiger partial charge in [-0.15, -0.1) is 10.2 Å². The Balaban J connectivity index is 2.09. The van der Waals surface area contributed by atoms with E-state index in [0.29, 0.717) is 0 Å². The average molecular weight is 202 g/mol. The summed E-state index contributed by atoms with van der Waals surface area (Å²) in [7, 11) is 0. The van der Waals surface area contributed by atoms with Crippen molar-refractivity contribution in [3.8, 4) is 11.4 Å². The second-order valence-electron chi connectivity index (χ2n) is 3.41. The summed E-state index contributed by atoms with van der Waals surface area (Å²) in [4.78, 5) is 7.95. The van der Waals surface area contributed by atoms with Gasteiger partial charge in [-0.1, -0.05) is 0 Å². The number of rotatable bonds is 1. The first-order chi connectivity index (χ1) is 7.45. The van der Waals surface area contributed by atoms with E-state index in [2.05, 4.69) is 30.0 Å². The van der Waals surface area contributed by atoms with Crippen LogP contribution in [0.1, 0.15) is 6.42 Å². The highest BCUT2D eigenvalue weighted by Crippen LogP contribution is 2.21. The number of hydrogen-bond acceptors (Lipinski definition) is 5. The molecule has 76 valence electrons. The van der Waals surface area contributed by atoms with Crippen molar-refractivity contribution in [3.05, 3.63) is 18.7 Å². The van der Waals surface area contributed by atoms with Gasteiger partial charge in [0, 0.05) is 25.5 Å². The van der Waals surface area contributed by atoms with Gasteiger partial charge in [0.2, 0.25) is 5.95 Å². The van der Waals surface area contributed by atoms with Crippen molar-refractivity contribution in [2.75, 3.05) is 11.9 Å². The van der Waals surface area contributed by atoms with Gasteiger partial charge in [0.1, 0.15) is 6.33 Å². The highest BCUT2D eigenvalue weighted by atomic mass is 15.4. The van der Waals surface area contributed by atoms with Crippen LogP contribution in [0.25, 0.3) is 11.4 Å². The van der Waals surface area contributed by atoms with Gasteiger partial charge < -0.3 is 5.32 Å². The maximum absolute atomic E-state index is 4.14. The molecule has 0 saturated carbocycles. The highest BCUT2D eigenvalue weighted by Gasteiger charge is 2.16. The molecular formula is C9H10N6. The molecule has 0 amide bonds. The summed E-state index contributed by atoms with van der Waals surface area (Å²) < 4.78 is 2.06. The van der Waals surface area contributed by atoms with Crippen molar-refractivity contribution in [2.24, 2.45) is 0 Å². The molecule has 1 aliphatic heterocycles. The summed E-state index contributed by atoms with van der Waals surface area (Å²) >= 11 is 0. The third-order valence-electron chi connectivity index (χ3n) is 2.41. The molecule has 3 heterocycles. The largest absolute Gasteiger partial charge is 0.354 e. The maximum atomic E-state index is 4.14. The second-order valence-corrected chi connectivity index (χ2v) is 3.41. The first kappa shape index (κ1) is 8.34. The number of aromatic nitrogens is 5. The lowest BCUT2D eigenvalue weighted by Gasteiger charge is -2.15. The molecule has 1 aliphatic rings. The van der Waals surface area contributed by atoms with Gasteiger partial charge in [0.05, 0.1) is 5.56 Å². The number of hydrogen-bond donors (Lipinski definition) is 1. The van der Waals surface area contributed by atoms with Gasteiger partial charge >= 0.3 is 0 Å². The third kappa shape index (κ3) is 1.34. The fraction of sp³-hybridized carbons (Fsp3) is 0.333. The molecule has 2 aromatic rings.